The van der Waals surface area contributed by atoms with E-state index in [4.69, 9.17) is 14.6 Å². The summed E-state index contributed by atoms with van der Waals surface area (Å²) in [4.78, 5) is 38.2. The maximum Gasteiger partial charge on any atom is 0.326 e. The Kier molecular flexibility index (Phi) is 24.6. The Balaban J connectivity index is 0.000000589. The summed E-state index contributed by atoms with van der Waals surface area (Å²) in [6.45, 7) is 10.5. The normalized spacial score (nSPS) is 18.3. The first kappa shape index (κ1) is 52.2. The maximum absolute atomic E-state index is 13.5. The first-order chi connectivity index (χ1) is 28.1. The number of hydrogen-bond acceptors (Lipinski definition) is 9. The van der Waals surface area contributed by atoms with Crippen molar-refractivity contribution in [3.05, 3.63) is 59.2 Å². The SMILES string of the molecule is CCC(CC)COC.COCC1CCC(CC2CCCCC2)N1Cc1ccc(C(=O)NC(CCS(C)(=O)=O)C(=O)O)c(-c2ccccc2C)c1.CSCCC(C)C(=O)O. The standard InChI is InChI=1S/C33H46N2O6S.C7H16O.C6H12O2S/c1-23-9-7-8-12-28(23)30-20-25(13-16-29(30)32(36)34-31(33(37)38)17-18-42(3,39)40)21-35-26(14-15-27(35)22-41-2)19-24-10-5-4-6-11-24;1-4-7(5-2)6-8-3;1-5(6(7)8)3-4-9-2/h7-9,12-13,16,20,24,26-27,31H,4-6,10-11,14-15,17-19,21-22H2,1-3H3,(H,34,36)(H,37,38);7H,4-6H2,1-3H3;5H,3-4H2,1-2H3,(H,7,8). The number of amides is 1. The molecule has 4 rings (SSSR count). The minimum atomic E-state index is -3.38. The zero-order valence-corrected chi connectivity index (χ0v) is 38.7. The van der Waals surface area contributed by atoms with E-state index in [0.29, 0.717) is 24.3 Å². The summed E-state index contributed by atoms with van der Waals surface area (Å²) in [5, 5.41) is 20.7. The van der Waals surface area contributed by atoms with Gasteiger partial charge in [-0.15, -0.1) is 0 Å². The molecule has 1 saturated carbocycles. The van der Waals surface area contributed by atoms with Crippen molar-refractivity contribution in [2.45, 2.75) is 129 Å². The van der Waals surface area contributed by atoms with Crippen LogP contribution in [0.5, 0.6) is 0 Å². The van der Waals surface area contributed by atoms with Gasteiger partial charge in [0.05, 0.1) is 18.3 Å². The first-order valence-electron chi connectivity index (χ1n) is 21.4. The quantitative estimate of drug-likeness (QED) is 0.110. The highest BCUT2D eigenvalue weighted by Crippen LogP contribution is 2.36. The number of carbonyl (C=O) groups excluding carboxylic acids is 1. The number of rotatable bonds is 21. The van der Waals surface area contributed by atoms with Gasteiger partial charge in [0.2, 0.25) is 0 Å². The summed E-state index contributed by atoms with van der Waals surface area (Å²) in [5.74, 6) is -0.493. The minimum Gasteiger partial charge on any atom is -0.481 e. The van der Waals surface area contributed by atoms with Crippen molar-refractivity contribution in [1.29, 1.82) is 0 Å². The van der Waals surface area contributed by atoms with E-state index in [2.05, 4.69) is 30.1 Å². The number of methoxy groups -OCH3 is 2. The topological polar surface area (TPSA) is 160 Å². The van der Waals surface area contributed by atoms with Crippen LogP contribution in [0.3, 0.4) is 0 Å². The lowest BCUT2D eigenvalue weighted by atomic mass is 9.84. The van der Waals surface area contributed by atoms with E-state index >= 15 is 0 Å². The fourth-order valence-corrected chi connectivity index (χ4v) is 9.16. The highest BCUT2D eigenvalue weighted by molar-refractivity contribution is 7.98. The van der Waals surface area contributed by atoms with Gasteiger partial charge < -0.3 is 25.0 Å². The molecule has 2 aromatic rings. The van der Waals surface area contributed by atoms with E-state index in [1.807, 2.05) is 43.5 Å². The predicted octanol–water partition coefficient (Wildman–Crippen LogP) is 8.76. The largest absolute Gasteiger partial charge is 0.481 e. The third-order valence-electron chi connectivity index (χ3n) is 11.7. The van der Waals surface area contributed by atoms with E-state index < -0.39 is 33.7 Å². The third kappa shape index (κ3) is 19.1. The van der Waals surface area contributed by atoms with Gasteiger partial charge in [0.1, 0.15) is 15.9 Å². The predicted molar refractivity (Wildman–Crippen MR) is 241 cm³/mol. The molecule has 3 N–H and O–H groups in total. The molecule has 1 amide bonds. The molecule has 0 spiro atoms. The van der Waals surface area contributed by atoms with Crippen molar-refractivity contribution in [2.24, 2.45) is 17.8 Å². The van der Waals surface area contributed by atoms with Crippen molar-refractivity contribution in [3.8, 4) is 11.1 Å². The molecule has 4 unspecified atom stereocenters. The van der Waals surface area contributed by atoms with Crippen LogP contribution in [0.15, 0.2) is 42.5 Å². The maximum atomic E-state index is 13.5. The number of aliphatic carboxylic acids is 2. The Hall–Kier alpha value is -2.97. The summed E-state index contributed by atoms with van der Waals surface area (Å²) in [6, 6.07) is 13.2. The van der Waals surface area contributed by atoms with Crippen LogP contribution in [0, 0.1) is 24.7 Å². The Morgan fingerprint density at radius 1 is 0.898 bits per heavy atom. The van der Waals surface area contributed by atoms with Crippen molar-refractivity contribution < 1.29 is 42.5 Å². The molecule has 1 aliphatic carbocycles. The fraction of sp³-hybridized carbons (Fsp3) is 0.674. The Morgan fingerprint density at radius 2 is 1.56 bits per heavy atom. The Bertz CT molecular complexity index is 1660. The van der Waals surface area contributed by atoms with Crippen LogP contribution in [0.1, 0.15) is 119 Å². The van der Waals surface area contributed by atoms with Crippen molar-refractivity contribution >= 4 is 39.4 Å². The molecule has 1 aliphatic heterocycles. The van der Waals surface area contributed by atoms with Crippen molar-refractivity contribution in [2.75, 3.05) is 51.5 Å². The zero-order valence-electron chi connectivity index (χ0n) is 37.0. The number of carbonyl (C=O) groups is 3. The number of sulfone groups is 1. The number of hydrogen-bond donors (Lipinski definition) is 3. The van der Waals surface area contributed by atoms with Gasteiger partial charge in [0, 0.05) is 51.3 Å². The molecule has 0 radical (unpaired) electrons. The molecular formula is C46H74N2O9S2. The first-order valence-corrected chi connectivity index (χ1v) is 24.9. The summed E-state index contributed by atoms with van der Waals surface area (Å²) >= 11 is 1.68. The molecule has 2 fully saturated rings. The molecule has 4 atom stereocenters. The summed E-state index contributed by atoms with van der Waals surface area (Å²) < 4.78 is 33.9. The number of nitrogens with one attached hydrogen (secondary N) is 1. The van der Waals surface area contributed by atoms with E-state index in [-0.39, 0.29) is 18.1 Å². The number of thioether (sulfide) groups is 1. The van der Waals surface area contributed by atoms with Gasteiger partial charge in [-0.1, -0.05) is 96.0 Å². The van der Waals surface area contributed by atoms with E-state index in [9.17, 15) is 27.9 Å². The molecule has 1 heterocycles. The molecule has 0 aromatic heterocycles. The van der Waals surface area contributed by atoms with Gasteiger partial charge in [-0.3, -0.25) is 14.5 Å². The number of likely N-dealkylation sites (tertiary alicyclic amines) is 1. The second kappa shape index (κ2) is 27.8. The van der Waals surface area contributed by atoms with Gasteiger partial charge in [-0.05, 0) is 97.3 Å². The summed E-state index contributed by atoms with van der Waals surface area (Å²) in [7, 11) is 0.144. The van der Waals surface area contributed by atoms with Crippen LogP contribution >= 0.6 is 11.8 Å². The Labute approximate surface area is 359 Å². The zero-order chi connectivity index (χ0) is 44.0. The molecule has 59 heavy (non-hydrogen) atoms. The number of carboxylic acids is 2. The minimum absolute atomic E-state index is 0.183. The van der Waals surface area contributed by atoms with Gasteiger partial charge >= 0.3 is 11.9 Å². The molecule has 11 nitrogen and oxygen atoms in total. The second-order valence-electron chi connectivity index (χ2n) is 16.4. The van der Waals surface area contributed by atoms with Crippen LogP contribution in [0.2, 0.25) is 0 Å². The van der Waals surface area contributed by atoms with Crippen LogP contribution in [0.4, 0.5) is 0 Å². The molecular weight excluding hydrogens is 789 g/mol. The highest BCUT2D eigenvalue weighted by Gasteiger charge is 2.35. The molecule has 1 saturated heterocycles. The van der Waals surface area contributed by atoms with Gasteiger partial charge in [-0.25, -0.2) is 13.2 Å². The van der Waals surface area contributed by atoms with Crippen molar-refractivity contribution in [3.63, 3.8) is 0 Å². The van der Waals surface area contributed by atoms with Gasteiger partial charge in [-0.2, -0.15) is 11.8 Å². The van der Waals surface area contributed by atoms with E-state index in [1.165, 1.54) is 57.8 Å². The second-order valence-corrected chi connectivity index (χ2v) is 19.6. The van der Waals surface area contributed by atoms with Crippen LogP contribution < -0.4 is 5.32 Å². The molecule has 0 bridgehead atoms. The molecule has 2 aromatic carbocycles. The molecule has 2 aliphatic rings. The summed E-state index contributed by atoms with van der Waals surface area (Å²) in [5.41, 5.74) is 4.10. The lowest BCUT2D eigenvalue weighted by Crippen LogP contribution is -2.42. The summed E-state index contributed by atoms with van der Waals surface area (Å²) in [6.07, 6.45) is 16.2. The highest BCUT2D eigenvalue weighted by atomic mass is 32.2. The number of nitrogens with zero attached hydrogens (tertiary/aromatic N) is 1. The number of ether oxygens (including phenoxy) is 2. The molecule has 13 heteroatoms. The lowest BCUT2D eigenvalue weighted by Gasteiger charge is -2.33. The van der Waals surface area contributed by atoms with E-state index in [0.717, 1.165) is 72.1 Å². The fourth-order valence-electron chi connectivity index (χ4n) is 7.91. The van der Waals surface area contributed by atoms with Gasteiger partial charge in [0.15, 0.2) is 0 Å². The average molecular weight is 863 g/mol. The van der Waals surface area contributed by atoms with Crippen molar-refractivity contribution in [1.82, 2.24) is 10.2 Å². The number of benzene rings is 2. The number of aryl methyl sites for hydroxylation is 1. The van der Waals surface area contributed by atoms with Crippen LogP contribution in [-0.4, -0.2) is 111 Å². The molecule has 334 valence electrons. The van der Waals surface area contributed by atoms with Gasteiger partial charge in [0.25, 0.3) is 5.91 Å². The van der Waals surface area contributed by atoms with E-state index in [1.54, 1.807) is 39.0 Å². The smallest absolute Gasteiger partial charge is 0.326 e. The van der Waals surface area contributed by atoms with Crippen LogP contribution in [-0.2, 0) is 35.4 Å². The van der Waals surface area contributed by atoms with Crippen LogP contribution in [0.25, 0.3) is 11.1 Å². The average Bonchev–Trinajstić information content (AvgIpc) is 3.57. The monoisotopic (exact) mass is 862 g/mol. The lowest BCUT2D eigenvalue weighted by molar-refractivity contribution is -0.141. The third-order valence-corrected chi connectivity index (χ3v) is 13.3. The number of carboxylic acid groups (broad SMARTS) is 2. The Morgan fingerprint density at radius 3 is 2.10 bits per heavy atom.